The fourth-order valence-corrected chi connectivity index (χ4v) is 2.74. The lowest BCUT2D eigenvalue weighted by molar-refractivity contribution is -0.188. The van der Waals surface area contributed by atoms with Gasteiger partial charge in [0.05, 0.1) is 12.5 Å². The number of alkyl halides is 3. The molecule has 1 fully saturated rings. The number of methoxy groups -OCH3 is 1. The summed E-state index contributed by atoms with van der Waals surface area (Å²) in [5.74, 6) is -1.43. The Labute approximate surface area is 110 Å². The highest BCUT2D eigenvalue weighted by Gasteiger charge is 2.47. The van der Waals surface area contributed by atoms with Crippen LogP contribution in [0.3, 0.4) is 0 Å². The second-order valence-electron chi connectivity index (χ2n) is 4.91. The Hall–Kier alpha value is -1.11. The molecule has 0 spiro atoms. The highest BCUT2D eigenvalue weighted by Crippen LogP contribution is 2.45. The van der Waals surface area contributed by atoms with E-state index in [9.17, 15) is 13.2 Å². The van der Waals surface area contributed by atoms with E-state index in [0.29, 0.717) is 31.8 Å². The van der Waals surface area contributed by atoms with Gasteiger partial charge in [-0.15, -0.1) is 10.2 Å². The van der Waals surface area contributed by atoms with Crippen LogP contribution in [-0.4, -0.2) is 34.7 Å². The van der Waals surface area contributed by atoms with Gasteiger partial charge in [0.25, 0.3) is 0 Å². The minimum atomic E-state index is -4.16. The third-order valence-corrected chi connectivity index (χ3v) is 3.70. The van der Waals surface area contributed by atoms with Crippen molar-refractivity contribution < 1.29 is 17.9 Å². The van der Waals surface area contributed by atoms with Crippen LogP contribution in [0.5, 0.6) is 0 Å². The topological polar surface area (TPSA) is 39.9 Å². The lowest BCUT2D eigenvalue weighted by Crippen LogP contribution is -2.33. The summed E-state index contributed by atoms with van der Waals surface area (Å²) in [4.78, 5) is 0. The van der Waals surface area contributed by atoms with Crippen LogP contribution in [0.1, 0.15) is 37.4 Å². The molecule has 2 atom stereocenters. The first kappa shape index (κ1) is 14.3. The molecule has 0 aliphatic heterocycles. The zero-order chi connectivity index (χ0) is 13.9. The molecule has 2 unspecified atom stereocenters. The minimum Gasteiger partial charge on any atom is -0.383 e. The van der Waals surface area contributed by atoms with E-state index in [-0.39, 0.29) is 6.42 Å². The molecule has 1 aliphatic carbocycles. The van der Waals surface area contributed by atoms with Crippen molar-refractivity contribution in [2.24, 2.45) is 5.92 Å². The molecule has 0 saturated heterocycles. The van der Waals surface area contributed by atoms with Crippen molar-refractivity contribution in [2.45, 2.75) is 44.3 Å². The van der Waals surface area contributed by atoms with Gasteiger partial charge in [0.1, 0.15) is 12.2 Å². The number of nitrogens with zero attached hydrogens (tertiary/aromatic N) is 3. The zero-order valence-corrected chi connectivity index (χ0v) is 10.9. The average molecular weight is 277 g/mol. The molecule has 4 nitrogen and oxygen atoms in total. The molecular weight excluding hydrogens is 259 g/mol. The molecule has 7 heteroatoms. The van der Waals surface area contributed by atoms with Crippen molar-refractivity contribution in [3.8, 4) is 0 Å². The summed E-state index contributed by atoms with van der Waals surface area (Å²) in [7, 11) is 1.56. The molecule has 1 aromatic rings. The van der Waals surface area contributed by atoms with Gasteiger partial charge in [-0.05, 0) is 12.8 Å². The molecule has 0 N–H and O–H groups in total. The second kappa shape index (κ2) is 5.90. The van der Waals surface area contributed by atoms with E-state index in [1.165, 1.54) is 6.33 Å². The highest BCUT2D eigenvalue weighted by molar-refractivity contribution is 5.03. The molecular formula is C12H18F3N3O. The largest absolute Gasteiger partial charge is 0.392 e. The van der Waals surface area contributed by atoms with Crippen molar-refractivity contribution >= 4 is 0 Å². The summed E-state index contributed by atoms with van der Waals surface area (Å²) in [6.07, 6.45) is -0.526. The normalized spacial score (nSPS) is 24.6. The molecule has 108 valence electrons. The first-order valence-electron chi connectivity index (χ1n) is 6.47. The number of hydrogen-bond donors (Lipinski definition) is 0. The van der Waals surface area contributed by atoms with Crippen LogP contribution in [0.2, 0.25) is 0 Å². The van der Waals surface area contributed by atoms with E-state index in [0.717, 1.165) is 6.42 Å². The van der Waals surface area contributed by atoms with E-state index < -0.39 is 18.0 Å². The third kappa shape index (κ3) is 3.26. The van der Waals surface area contributed by atoms with Crippen LogP contribution >= 0.6 is 0 Å². The minimum absolute atomic E-state index is 0.186. The van der Waals surface area contributed by atoms with Gasteiger partial charge in [0.2, 0.25) is 0 Å². The summed E-state index contributed by atoms with van der Waals surface area (Å²) in [5.41, 5.74) is 0. The zero-order valence-electron chi connectivity index (χ0n) is 10.9. The molecule has 19 heavy (non-hydrogen) atoms. The van der Waals surface area contributed by atoms with Crippen LogP contribution in [0.4, 0.5) is 13.2 Å². The lowest BCUT2D eigenvalue weighted by atomic mass is 9.78. The first-order valence-corrected chi connectivity index (χ1v) is 6.47. The Balaban J connectivity index is 2.20. The van der Waals surface area contributed by atoms with Crippen LogP contribution < -0.4 is 0 Å². The number of hydrogen-bond acceptors (Lipinski definition) is 3. The van der Waals surface area contributed by atoms with Crippen molar-refractivity contribution in [1.29, 1.82) is 0 Å². The SMILES string of the molecule is COCCn1cnnc1C1CCCCC1C(F)(F)F. The maximum absolute atomic E-state index is 13.1. The van der Waals surface area contributed by atoms with Gasteiger partial charge < -0.3 is 9.30 Å². The molecule has 0 bridgehead atoms. The summed E-state index contributed by atoms with van der Waals surface area (Å²) in [6.45, 7) is 0.925. The summed E-state index contributed by atoms with van der Waals surface area (Å²) < 4.78 is 45.9. The van der Waals surface area contributed by atoms with Gasteiger partial charge in [-0.2, -0.15) is 13.2 Å². The number of rotatable bonds is 4. The van der Waals surface area contributed by atoms with Gasteiger partial charge in [-0.1, -0.05) is 12.8 Å². The molecule has 0 amide bonds. The smallest absolute Gasteiger partial charge is 0.383 e. The Morgan fingerprint density at radius 2 is 2.11 bits per heavy atom. The standard InChI is InChI=1S/C12H18F3N3O/c1-19-7-6-18-8-16-17-11(18)9-4-2-3-5-10(9)12(13,14)15/h8-10H,2-7H2,1H3. The van der Waals surface area contributed by atoms with E-state index in [2.05, 4.69) is 10.2 Å². The number of ether oxygens (including phenoxy) is 1. The van der Waals surface area contributed by atoms with E-state index in [4.69, 9.17) is 4.74 Å². The van der Waals surface area contributed by atoms with Crippen molar-refractivity contribution in [1.82, 2.24) is 14.8 Å². The third-order valence-electron chi connectivity index (χ3n) is 3.70. The van der Waals surface area contributed by atoms with Gasteiger partial charge in [-0.25, -0.2) is 0 Å². The molecule has 1 saturated carbocycles. The van der Waals surface area contributed by atoms with E-state index >= 15 is 0 Å². The Morgan fingerprint density at radius 3 is 2.79 bits per heavy atom. The molecule has 2 rings (SSSR count). The first-order chi connectivity index (χ1) is 9.04. The van der Waals surface area contributed by atoms with Gasteiger partial charge in [-0.3, -0.25) is 0 Å². The summed E-state index contributed by atoms with van der Waals surface area (Å²) in [5, 5.41) is 7.67. The Bertz CT molecular complexity index is 405. The summed E-state index contributed by atoms with van der Waals surface area (Å²) in [6, 6.07) is 0. The quantitative estimate of drug-likeness (QED) is 0.849. The number of halogens is 3. The average Bonchev–Trinajstić information content (AvgIpc) is 2.83. The van der Waals surface area contributed by atoms with Gasteiger partial charge in [0, 0.05) is 19.6 Å². The maximum atomic E-state index is 13.1. The molecule has 1 aliphatic rings. The van der Waals surface area contributed by atoms with E-state index in [1.54, 1.807) is 11.7 Å². The van der Waals surface area contributed by atoms with Crippen molar-refractivity contribution in [3.63, 3.8) is 0 Å². The summed E-state index contributed by atoms with van der Waals surface area (Å²) >= 11 is 0. The highest BCUT2D eigenvalue weighted by atomic mass is 19.4. The Morgan fingerprint density at radius 1 is 1.37 bits per heavy atom. The fourth-order valence-electron chi connectivity index (χ4n) is 2.74. The lowest BCUT2D eigenvalue weighted by Gasteiger charge is -2.32. The van der Waals surface area contributed by atoms with Gasteiger partial charge in [0.15, 0.2) is 0 Å². The van der Waals surface area contributed by atoms with Crippen molar-refractivity contribution in [2.75, 3.05) is 13.7 Å². The van der Waals surface area contributed by atoms with Gasteiger partial charge >= 0.3 is 6.18 Å². The predicted molar refractivity (Wildman–Crippen MR) is 62.7 cm³/mol. The van der Waals surface area contributed by atoms with Crippen LogP contribution in [0.15, 0.2) is 6.33 Å². The van der Waals surface area contributed by atoms with E-state index in [1.807, 2.05) is 0 Å². The molecule has 1 aromatic heterocycles. The fraction of sp³-hybridized carbons (Fsp3) is 0.833. The monoisotopic (exact) mass is 277 g/mol. The second-order valence-corrected chi connectivity index (χ2v) is 4.91. The van der Waals surface area contributed by atoms with Crippen LogP contribution in [0, 0.1) is 5.92 Å². The van der Waals surface area contributed by atoms with Crippen LogP contribution in [-0.2, 0) is 11.3 Å². The molecule has 1 heterocycles. The molecule has 0 radical (unpaired) electrons. The van der Waals surface area contributed by atoms with Crippen molar-refractivity contribution in [3.05, 3.63) is 12.2 Å². The predicted octanol–water partition coefficient (Wildman–Crippen LogP) is 2.76. The maximum Gasteiger partial charge on any atom is 0.392 e. The molecule has 0 aromatic carbocycles. The number of aromatic nitrogens is 3. The van der Waals surface area contributed by atoms with Crippen LogP contribution in [0.25, 0.3) is 0 Å². The Kier molecular flexibility index (Phi) is 4.44.